The summed E-state index contributed by atoms with van der Waals surface area (Å²) in [4.78, 5) is 32.8. The zero-order valence-corrected chi connectivity index (χ0v) is 20.6. The predicted octanol–water partition coefficient (Wildman–Crippen LogP) is 2.57. The highest BCUT2D eigenvalue weighted by Gasteiger charge is 2.57. The molecule has 34 heavy (non-hydrogen) atoms. The molecule has 0 unspecified atom stereocenters. The van der Waals surface area contributed by atoms with Gasteiger partial charge in [0.2, 0.25) is 0 Å². The molecule has 2 aliphatic rings. The lowest BCUT2D eigenvalue weighted by atomic mass is 9.85. The van der Waals surface area contributed by atoms with Gasteiger partial charge in [-0.2, -0.15) is 5.10 Å². The molecule has 2 aliphatic heterocycles. The maximum Gasteiger partial charge on any atom is 0.327 e. The number of carbonyl (C=O) groups excluding carboxylic acids is 2. The quantitative estimate of drug-likeness (QED) is 0.415. The van der Waals surface area contributed by atoms with Crippen LogP contribution in [0.5, 0.6) is 5.75 Å². The average molecular weight is 470 g/mol. The molecule has 2 fully saturated rings. The van der Waals surface area contributed by atoms with Crippen LogP contribution < -0.4 is 4.74 Å². The van der Waals surface area contributed by atoms with Crippen molar-refractivity contribution < 1.29 is 19.1 Å². The van der Waals surface area contributed by atoms with E-state index in [0.29, 0.717) is 32.4 Å². The number of piperidine rings is 1. The zero-order valence-electron chi connectivity index (χ0n) is 20.6. The lowest BCUT2D eigenvalue weighted by Crippen LogP contribution is -2.56. The summed E-state index contributed by atoms with van der Waals surface area (Å²) >= 11 is 0. The average Bonchev–Trinajstić information content (AvgIpc) is 3.26. The van der Waals surface area contributed by atoms with Crippen LogP contribution in [0.15, 0.2) is 30.5 Å². The molecule has 9 heteroatoms. The van der Waals surface area contributed by atoms with Crippen molar-refractivity contribution >= 4 is 11.9 Å². The molecule has 184 valence electrons. The fraction of sp³-hybridized carbons (Fsp3) is 0.560. The highest BCUT2D eigenvalue weighted by Crippen LogP contribution is 2.38. The van der Waals surface area contributed by atoms with Crippen molar-refractivity contribution in [2.75, 3.05) is 40.5 Å². The number of imide groups is 1. The lowest BCUT2D eigenvalue weighted by molar-refractivity contribution is -0.136. The van der Waals surface area contributed by atoms with Gasteiger partial charge in [-0.05, 0) is 43.9 Å². The van der Waals surface area contributed by atoms with E-state index in [1.54, 1.807) is 14.2 Å². The first kappa shape index (κ1) is 24.2. The van der Waals surface area contributed by atoms with Crippen molar-refractivity contribution in [1.29, 1.82) is 0 Å². The maximum absolute atomic E-state index is 13.8. The molecule has 3 amide bonds. The van der Waals surface area contributed by atoms with E-state index >= 15 is 0 Å². The van der Waals surface area contributed by atoms with Gasteiger partial charge in [0, 0.05) is 58.2 Å². The van der Waals surface area contributed by atoms with E-state index in [-0.39, 0.29) is 18.5 Å². The molecule has 3 heterocycles. The van der Waals surface area contributed by atoms with Gasteiger partial charge in [0.15, 0.2) is 0 Å². The van der Waals surface area contributed by atoms with E-state index in [1.165, 1.54) is 10.5 Å². The standard InChI is InChI=1S/C25H35N5O4/c1-19-21(16-26-27(19)2)18-28-13-10-25(11-14-28)23(31)29(24(32)30(25)12-5-15-33-3)17-20-6-8-22(34-4)9-7-20/h6-9,16H,5,10-15,17-18H2,1-4H3. The van der Waals surface area contributed by atoms with Crippen LogP contribution in [0.25, 0.3) is 0 Å². The molecule has 0 N–H and O–H groups in total. The molecule has 1 aromatic carbocycles. The molecule has 2 saturated heterocycles. The second-order valence-electron chi connectivity index (χ2n) is 9.21. The largest absolute Gasteiger partial charge is 0.497 e. The predicted molar refractivity (Wildman–Crippen MR) is 127 cm³/mol. The Morgan fingerprint density at radius 3 is 2.35 bits per heavy atom. The number of aromatic nitrogens is 2. The van der Waals surface area contributed by atoms with Gasteiger partial charge in [-0.3, -0.25) is 19.3 Å². The molecule has 1 spiro atoms. The summed E-state index contributed by atoms with van der Waals surface area (Å²) in [6.45, 7) is 5.72. The first-order valence-electron chi connectivity index (χ1n) is 11.8. The first-order chi connectivity index (χ1) is 16.4. The van der Waals surface area contributed by atoms with E-state index in [2.05, 4.69) is 16.9 Å². The van der Waals surface area contributed by atoms with Crippen LogP contribution >= 0.6 is 0 Å². The Morgan fingerprint density at radius 1 is 1.06 bits per heavy atom. The molecule has 0 bridgehead atoms. The number of carbonyl (C=O) groups is 2. The van der Waals surface area contributed by atoms with Crippen molar-refractivity contribution in [3.05, 3.63) is 47.3 Å². The molecular weight excluding hydrogens is 434 g/mol. The number of methoxy groups -OCH3 is 2. The molecule has 4 rings (SSSR count). The van der Waals surface area contributed by atoms with Crippen molar-refractivity contribution in [2.45, 2.75) is 44.8 Å². The maximum atomic E-state index is 13.8. The number of benzene rings is 1. The minimum absolute atomic E-state index is 0.0806. The molecule has 0 atom stereocenters. The molecule has 0 radical (unpaired) electrons. The highest BCUT2D eigenvalue weighted by atomic mass is 16.5. The van der Waals surface area contributed by atoms with Gasteiger partial charge in [-0.15, -0.1) is 0 Å². The second-order valence-corrected chi connectivity index (χ2v) is 9.21. The smallest absolute Gasteiger partial charge is 0.327 e. The van der Waals surface area contributed by atoms with Crippen molar-refractivity contribution in [3.63, 3.8) is 0 Å². The third-order valence-corrected chi connectivity index (χ3v) is 7.27. The summed E-state index contributed by atoms with van der Waals surface area (Å²) in [7, 11) is 5.22. The monoisotopic (exact) mass is 469 g/mol. The Morgan fingerprint density at radius 2 is 1.76 bits per heavy atom. The third kappa shape index (κ3) is 4.54. The molecule has 2 aromatic rings. The molecule has 0 saturated carbocycles. The second kappa shape index (κ2) is 10.1. The number of amides is 3. The number of aryl methyl sites for hydroxylation is 1. The van der Waals surface area contributed by atoms with Crippen LogP contribution in [0.2, 0.25) is 0 Å². The molecule has 9 nitrogen and oxygen atoms in total. The Hall–Kier alpha value is -2.91. The first-order valence-corrected chi connectivity index (χ1v) is 11.8. The number of ether oxygens (including phenoxy) is 2. The number of rotatable bonds is 9. The van der Waals surface area contributed by atoms with Gasteiger partial charge in [0.05, 0.1) is 19.9 Å². The molecule has 0 aliphatic carbocycles. The van der Waals surface area contributed by atoms with E-state index in [9.17, 15) is 9.59 Å². The van der Waals surface area contributed by atoms with Crippen LogP contribution in [0.1, 0.15) is 36.1 Å². The molecular formula is C25H35N5O4. The zero-order chi connectivity index (χ0) is 24.3. The van der Waals surface area contributed by atoms with Crippen LogP contribution in [0.4, 0.5) is 4.79 Å². The van der Waals surface area contributed by atoms with E-state index < -0.39 is 5.54 Å². The fourth-order valence-electron chi connectivity index (χ4n) is 5.02. The minimum Gasteiger partial charge on any atom is -0.497 e. The lowest BCUT2D eigenvalue weighted by Gasteiger charge is -2.42. The molecule has 1 aromatic heterocycles. The van der Waals surface area contributed by atoms with Gasteiger partial charge in [0.1, 0.15) is 11.3 Å². The van der Waals surface area contributed by atoms with Crippen LogP contribution in [-0.4, -0.2) is 82.4 Å². The summed E-state index contributed by atoms with van der Waals surface area (Å²) in [5.41, 5.74) is 2.48. The van der Waals surface area contributed by atoms with Crippen LogP contribution in [-0.2, 0) is 29.7 Å². The van der Waals surface area contributed by atoms with Crippen molar-refractivity contribution in [3.8, 4) is 5.75 Å². The van der Waals surface area contributed by atoms with Crippen molar-refractivity contribution in [2.24, 2.45) is 7.05 Å². The van der Waals surface area contributed by atoms with Gasteiger partial charge >= 0.3 is 6.03 Å². The van der Waals surface area contributed by atoms with Crippen molar-refractivity contribution in [1.82, 2.24) is 24.5 Å². The summed E-state index contributed by atoms with van der Waals surface area (Å²) in [5.74, 6) is 0.666. The van der Waals surface area contributed by atoms with E-state index in [4.69, 9.17) is 9.47 Å². The van der Waals surface area contributed by atoms with Crippen LogP contribution in [0, 0.1) is 6.92 Å². The summed E-state index contributed by atoms with van der Waals surface area (Å²) in [5, 5.41) is 4.35. The SMILES string of the molecule is COCCCN1C(=O)N(Cc2ccc(OC)cc2)C(=O)C12CCN(Cc1cnn(C)c1C)CC2. The van der Waals surface area contributed by atoms with E-state index in [1.807, 2.05) is 47.1 Å². The van der Waals surface area contributed by atoms with Gasteiger partial charge < -0.3 is 14.4 Å². The normalized spacial score (nSPS) is 18.4. The fourth-order valence-corrected chi connectivity index (χ4v) is 5.02. The summed E-state index contributed by atoms with van der Waals surface area (Å²) in [6, 6.07) is 7.31. The Labute approximate surface area is 201 Å². The number of hydrogen-bond donors (Lipinski definition) is 0. The summed E-state index contributed by atoms with van der Waals surface area (Å²) < 4.78 is 12.3. The Bertz CT molecular complexity index is 1010. The highest BCUT2D eigenvalue weighted by molar-refractivity contribution is 6.07. The minimum atomic E-state index is -0.780. The number of urea groups is 1. The van der Waals surface area contributed by atoms with Gasteiger partial charge in [-0.25, -0.2) is 4.79 Å². The van der Waals surface area contributed by atoms with Gasteiger partial charge in [-0.1, -0.05) is 12.1 Å². The Kier molecular flexibility index (Phi) is 7.23. The number of hydrogen-bond acceptors (Lipinski definition) is 6. The third-order valence-electron chi connectivity index (χ3n) is 7.27. The van der Waals surface area contributed by atoms with E-state index in [0.717, 1.165) is 36.6 Å². The van der Waals surface area contributed by atoms with Crippen LogP contribution in [0.3, 0.4) is 0 Å². The number of likely N-dealkylation sites (tertiary alicyclic amines) is 1. The summed E-state index contributed by atoms with van der Waals surface area (Å²) in [6.07, 6.45) is 3.87. The Balaban J connectivity index is 1.50. The topological polar surface area (TPSA) is 80.1 Å². The number of nitrogens with zero attached hydrogens (tertiary/aromatic N) is 5. The van der Waals surface area contributed by atoms with Gasteiger partial charge in [0.25, 0.3) is 5.91 Å².